The number of carboxylic acid groups (broad SMARTS) is 1. The number of anilines is 1. The maximum Gasteiger partial charge on any atom is 0.326 e. The van der Waals surface area contributed by atoms with Crippen molar-refractivity contribution in [3.05, 3.63) is 11.8 Å². The molecule has 7 nitrogen and oxygen atoms in total. The SMILES string of the molecule is CSCC[C@@H](NC(=O)Nc1cc(C)n(C)n1)C(=O)O. The number of carbonyl (C=O) groups excluding carboxylic acids is 1. The molecule has 0 radical (unpaired) electrons. The second kappa shape index (κ2) is 7.03. The summed E-state index contributed by atoms with van der Waals surface area (Å²) in [4.78, 5) is 22.6. The van der Waals surface area contributed by atoms with Gasteiger partial charge in [0.1, 0.15) is 6.04 Å². The summed E-state index contributed by atoms with van der Waals surface area (Å²) in [5, 5.41) is 18.0. The van der Waals surface area contributed by atoms with Crippen LogP contribution in [-0.4, -0.2) is 44.9 Å². The summed E-state index contributed by atoms with van der Waals surface area (Å²) in [5.41, 5.74) is 0.896. The molecule has 1 aromatic heterocycles. The fourth-order valence-corrected chi connectivity index (χ4v) is 1.90. The standard InChI is InChI=1S/C11H18N4O3S/c1-7-6-9(14-15(7)2)13-11(18)12-8(10(16)17)4-5-19-3/h6,8H,4-5H2,1-3H3,(H,16,17)(H2,12,13,14,18)/t8-/m1/s1. The van der Waals surface area contributed by atoms with Crippen LogP contribution in [-0.2, 0) is 11.8 Å². The van der Waals surface area contributed by atoms with Crippen LogP contribution in [0.3, 0.4) is 0 Å². The molecule has 0 unspecified atom stereocenters. The van der Waals surface area contributed by atoms with Crippen molar-refractivity contribution in [2.75, 3.05) is 17.3 Å². The van der Waals surface area contributed by atoms with Crippen LogP contribution in [0.5, 0.6) is 0 Å². The fourth-order valence-electron chi connectivity index (χ4n) is 1.43. The third-order valence-corrected chi connectivity index (χ3v) is 3.21. The minimum Gasteiger partial charge on any atom is -0.480 e. The number of thioether (sulfide) groups is 1. The van der Waals surface area contributed by atoms with Gasteiger partial charge in [-0.1, -0.05) is 0 Å². The number of urea groups is 1. The Kier molecular flexibility index (Phi) is 5.68. The van der Waals surface area contributed by atoms with Crippen molar-refractivity contribution in [2.24, 2.45) is 7.05 Å². The normalized spacial score (nSPS) is 11.9. The van der Waals surface area contributed by atoms with Crippen LogP contribution in [0.4, 0.5) is 10.6 Å². The molecule has 0 spiro atoms. The van der Waals surface area contributed by atoms with Gasteiger partial charge in [0.25, 0.3) is 0 Å². The number of hydrogen-bond acceptors (Lipinski definition) is 4. The van der Waals surface area contributed by atoms with Gasteiger partial charge in [-0.25, -0.2) is 9.59 Å². The predicted octanol–water partition coefficient (Wildman–Crippen LogP) is 1.06. The average molecular weight is 286 g/mol. The van der Waals surface area contributed by atoms with E-state index >= 15 is 0 Å². The highest BCUT2D eigenvalue weighted by molar-refractivity contribution is 7.98. The Hall–Kier alpha value is -1.70. The van der Waals surface area contributed by atoms with E-state index in [2.05, 4.69) is 15.7 Å². The van der Waals surface area contributed by atoms with E-state index < -0.39 is 18.0 Å². The van der Waals surface area contributed by atoms with Gasteiger partial charge in [-0.15, -0.1) is 0 Å². The molecule has 106 valence electrons. The lowest BCUT2D eigenvalue weighted by atomic mass is 10.2. The van der Waals surface area contributed by atoms with Crippen LogP contribution in [0.25, 0.3) is 0 Å². The first kappa shape index (κ1) is 15.4. The lowest BCUT2D eigenvalue weighted by molar-refractivity contribution is -0.139. The van der Waals surface area contributed by atoms with Crippen LogP contribution in [0, 0.1) is 6.92 Å². The van der Waals surface area contributed by atoms with Gasteiger partial charge in [-0.2, -0.15) is 16.9 Å². The molecule has 1 rings (SSSR count). The molecule has 0 aromatic carbocycles. The maximum atomic E-state index is 11.7. The zero-order chi connectivity index (χ0) is 14.4. The number of amides is 2. The number of rotatable bonds is 6. The Bertz CT molecular complexity index is 441. The lowest BCUT2D eigenvalue weighted by Crippen LogP contribution is -2.43. The van der Waals surface area contributed by atoms with E-state index in [1.54, 1.807) is 17.8 Å². The van der Waals surface area contributed by atoms with Gasteiger partial charge in [-0.05, 0) is 25.4 Å². The van der Waals surface area contributed by atoms with Crippen molar-refractivity contribution in [3.63, 3.8) is 0 Å². The molecule has 3 N–H and O–H groups in total. The zero-order valence-electron chi connectivity index (χ0n) is 11.1. The molecule has 2 amide bonds. The summed E-state index contributed by atoms with van der Waals surface area (Å²) in [5.74, 6) is 0.0212. The van der Waals surface area contributed by atoms with Gasteiger partial charge in [0.2, 0.25) is 0 Å². The molecule has 0 bridgehead atoms. The quantitative estimate of drug-likeness (QED) is 0.726. The lowest BCUT2D eigenvalue weighted by Gasteiger charge is -2.13. The molecule has 0 aliphatic carbocycles. The maximum absolute atomic E-state index is 11.7. The molecule has 1 atom stereocenters. The molecule has 0 saturated carbocycles. The highest BCUT2D eigenvalue weighted by atomic mass is 32.2. The topological polar surface area (TPSA) is 96.3 Å². The van der Waals surface area contributed by atoms with Crippen LogP contribution in [0.15, 0.2) is 6.07 Å². The average Bonchev–Trinajstić information content (AvgIpc) is 2.63. The highest BCUT2D eigenvalue weighted by Gasteiger charge is 2.19. The third kappa shape index (κ3) is 4.82. The van der Waals surface area contributed by atoms with Crippen molar-refractivity contribution in [1.82, 2.24) is 15.1 Å². The molecule has 1 aromatic rings. The van der Waals surface area contributed by atoms with Crippen molar-refractivity contribution < 1.29 is 14.7 Å². The van der Waals surface area contributed by atoms with E-state index in [9.17, 15) is 9.59 Å². The smallest absolute Gasteiger partial charge is 0.326 e. The van der Waals surface area contributed by atoms with E-state index in [1.165, 1.54) is 11.8 Å². The Balaban J connectivity index is 2.54. The molecule has 19 heavy (non-hydrogen) atoms. The first-order chi connectivity index (χ1) is 8.93. The number of nitrogens with one attached hydrogen (secondary N) is 2. The Morgan fingerprint density at radius 1 is 1.58 bits per heavy atom. The number of carbonyl (C=O) groups is 2. The van der Waals surface area contributed by atoms with Gasteiger partial charge in [0, 0.05) is 18.8 Å². The van der Waals surface area contributed by atoms with Gasteiger partial charge >= 0.3 is 12.0 Å². The molecule has 0 aliphatic heterocycles. The first-order valence-electron chi connectivity index (χ1n) is 5.74. The Labute approximate surface area is 115 Å². The number of nitrogens with zero attached hydrogens (tertiary/aromatic N) is 2. The third-order valence-electron chi connectivity index (χ3n) is 2.57. The summed E-state index contributed by atoms with van der Waals surface area (Å²) in [6.07, 6.45) is 2.26. The number of hydrogen-bond donors (Lipinski definition) is 3. The molecule has 0 saturated heterocycles. The van der Waals surface area contributed by atoms with Crippen molar-refractivity contribution in [3.8, 4) is 0 Å². The number of aryl methyl sites for hydroxylation is 2. The van der Waals surface area contributed by atoms with Crippen LogP contribution in [0.1, 0.15) is 12.1 Å². The van der Waals surface area contributed by atoms with Gasteiger partial charge in [0.05, 0.1) is 0 Å². The van der Waals surface area contributed by atoms with E-state index in [0.717, 1.165) is 5.69 Å². The molecule has 0 fully saturated rings. The van der Waals surface area contributed by atoms with E-state index in [4.69, 9.17) is 5.11 Å². The Morgan fingerprint density at radius 2 is 2.26 bits per heavy atom. The largest absolute Gasteiger partial charge is 0.480 e. The summed E-state index contributed by atoms with van der Waals surface area (Å²) in [6.45, 7) is 1.86. The minimum atomic E-state index is -1.04. The first-order valence-corrected chi connectivity index (χ1v) is 7.13. The molecule has 8 heteroatoms. The highest BCUT2D eigenvalue weighted by Crippen LogP contribution is 2.07. The minimum absolute atomic E-state index is 0.380. The second-order valence-electron chi connectivity index (χ2n) is 4.07. The van der Waals surface area contributed by atoms with Crippen LogP contribution in [0.2, 0.25) is 0 Å². The Morgan fingerprint density at radius 3 is 2.74 bits per heavy atom. The van der Waals surface area contributed by atoms with Crippen LogP contribution >= 0.6 is 11.8 Å². The molecule has 0 aliphatic rings. The number of carboxylic acids is 1. The van der Waals surface area contributed by atoms with Crippen molar-refractivity contribution in [1.29, 1.82) is 0 Å². The summed E-state index contributed by atoms with van der Waals surface area (Å²) < 4.78 is 1.62. The van der Waals surface area contributed by atoms with Gasteiger partial charge < -0.3 is 10.4 Å². The van der Waals surface area contributed by atoms with Gasteiger partial charge in [-0.3, -0.25) is 10.00 Å². The molecular weight excluding hydrogens is 268 g/mol. The molecular formula is C11H18N4O3S. The summed E-state index contributed by atoms with van der Waals surface area (Å²) in [7, 11) is 1.76. The summed E-state index contributed by atoms with van der Waals surface area (Å²) in [6, 6.07) is 0.251. The zero-order valence-corrected chi connectivity index (χ0v) is 12.0. The number of aliphatic carboxylic acids is 1. The van der Waals surface area contributed by atoms with E-state index in [1.807, 2.05) is 13.2 Å². The van der Waals surface area contributed by atoms with E-state index in [0.29, 0.717) is 18.0 Å². The van der Waals surface area contributed by atoms with Crippen molar-refractivity contribution >= 4 is 29.6 Å². The van der Waals surface area contributed by atoms with Crippen molar-refractivity contribution in [2.45, 2.75) is 19.4 Å². The fraction of sp³-hybridized carbons (Fsp3) is 0.545. The van der Waals surface area contributed by atoms with Gasteiger partial charge in [0.15, 0.2) is 5.82 Å². The monoisotopic (exact) mass is 286 g/mol. The predicted molar refractivity (Wildman–Crippen MR) is 74.5 cm³/mol. The summed E-state index contributed by atoms with van der Waals surface area (Å²) >= 11 is 1.53. The molecule has 1 heterocycles. The van der Waals surface area contributed by atoms with Crippen LogP contribution < -0.4 is 10.6 Å². The number of aromatic nitrogens is 2. The second-order valence-corrected chi connectivity index (χ2v) is 5.05. The van der Waals surface area contributed by atoms with E-state index in [-0.39, 0.29) is 0 Å².